The Morgan fingerprint density at radius 3 is 2.61 bits per heavy atom. The molecule has 2 aromatic heterocycles. The predicted molar refractivity (Wildman–Crippen MR) is 59.8 cm³/mol. The van der Waals surface area contributed by atoms with Crippen LogP contribution >= 0.6 is 0 Å². The van der Waals surface area contributed by atoms with Gasteiger partial charge in [-0.3, -0.25) is 5.10 Å². The number of anilines is 1. The maximum atomic E-state index is 12.8. The third-order valence-electron chi connectivity index (χ3n) is 2.50. The second kappa shape index (κ2) is 4.16. The molecule has 0 unspecified atom stereocenters. The maximum Gasteiger partial charge on any atom is 0.435 e. The number of aromatic nitrogens is 4. The molecule has 0 amide bonds. The van der Waals surface area contributed by atoms with Crippen molar-refractivity contribution in [2.45, 2.75) is 12.7 Å². The fraction of sp³-hybridized carbons (Fsp3) is 0.556. The normalized spacial score (nSPS) is 12.8. The number of nitrogens with two attached hydrogens (primary N) is 1. The molecule has 0 spiro atoms. The summed E-state index contributed by atoms with van der Waals surface area (Å²) in [7, 11) is 3.65. The smallest absolute Gasteiger partial charge is 0.383 e. The summed E-state index contributed by atoms with van der Waals surface area (Å²) in [6.45, 7) is 0.866. The van der Waals surface area contributed by atoms with Crippen molar-refractivity contribution < 1.29 is 13.2 Å². The number of likely N-dealkylation sites (N-methyl/N-ethyl adjacent to an activating group) is 1. The monoisotopic (exact) mass is 262 g/mol. The quantitative estimate of drug-likeness (QED) is 0.862. The van der Waals surface area contributed by atoms with E-state index in [4.69, 9.17) is 5.73 Å². The summed E-state index contributed by atoms with van der Waals surface area (Å²) >= 11 is 0. The molecule has 0 radical (unpaired) electrons. The number of hydrogen-bond acceptors (Lipinski definition) is 4. The van der Waals surface area contributed by atoms with Gasteiger partial charge in [-0.2, -0.15) is 23.4 Å². The Morgan fingerprint density at radius 1 is 1.39 bits per heavy atom. The number of hydrogen-bond donors (Lipinski definition) is 2. The van der Waals surface area contributed by atoms with Gasteiger partial charge in [0, 0.05) is 6.54 Å². The first-order valence-corrected chi connectivity index (χ1v) is 5.23. The molecule has 0 atom stereocenters. The molecule has 6 nitrogen and oxygen atoms in total. The molecular formula is C9H13F3N6. The second-order valence-electron chi connectivity index (χ2n) is 4.21. The van der Waals surface area contributed by atoms with Crippen LogP contribution in [0.5, 0.6) is 0 Å². The first-order chi connectivity index (χ1) is 8.30. The van der Waals surface area contributed by atoms with E-state index in [1.54, 1.807) is 0 Å². The van der Waals surface area contributed by atoms with Gasteiger partial charge in [0.05, 0.1) is 11.9 Å². The third-order valence-corrected chi connectivity index (χ3v) is 2.50. The van der Waals surface area contributed by atoms with E-state index < -0.39 is 11.9 Å². The number of alkyl halides is 3. The fourth-order valence-electron chi connectivity index (χ4n) is 1.63. The number of nitrogens with zero attached hydrogens (tertiary/aromatic N) is 4. The van der Waals surface area contributed by atoms with Crippen LogP contribution < -0.4 is 5.73 Å². The van der Waals surface area contributed by atoms with Gasteiger partial charge in [0.25, 0.3) is 0 Å². The Hall–Kier alpha value is -1.77. The SMILES string of the molecule is CN(C)CCn1nc(C(F)(F)F)c2c(N)[nH]nc21. The summed E-state index contributed by atoms with van der Waals surface area (Å²) < 4.78 is 39.6. The van der Waals surface area contributed by atoms with E-state index in [0.717, 1.165) is 0 Å². The third kappa shape index (κ3) is 2.13. The fourth-order valence-corrected chi connectivity index (χ4v) is 1.63. The largest absolute Gasteiger partial charge is 0.435 e. The minimum atomic E-state index is -4.54. The molecule has 2 heterocycles. The molecule has 0 aliphatic carbocycles. The highest BCUT2D eigenvalue weighted by atomic mass is 19.4. The number of nitrogens with one attached hydrogen (secondary N) is 1. The molecule has 2 rings (SSSR count). The lowest BCUT2D eigenvalue weighted by Gasteiger charge is -2.09. The van der Waals surface area contributed by atoms with Crippen molar-refractivity contribution >= 4 is 16.9 Å². The Labute approximate surface area is 101 Å². The Morgan fingerprint density at radius 2 is 2.06 bits per heavy atom. The highest BCUT2D eigenvalue weighted by Gasteiger charge is 2.38. The van der Waals surface area contributed by atoms with Gasteiger partial charge in [0.15, 0.2) is 11.3 Å². The van der Waals surface area contributed by atoms with Crippen molar-refractivity contribution in [3.8, 4) is 0 Å². The predicted octanol–water partition coefficient (Wildman–Crippen LogP) is 0.922. The molecule has 100 valence electrons. The summed E-state index contributed by atoms with van der Waals surface area (Å²) in [5.74, 6) is -0.117. The zero-order valence-electron chi connectivity index (χ0n) is 9.91. The van der Waals surface area contributed by atoms with Gasteiger partial charge in [0.1, 0.15) is 5.82 Å². The maximum absolute atomic E-state index is 12.8. The molecular weight excluding hydrogens is 249 g/mol. The average molecular weight is 262 g/mol. The molecule has 0 saturated heterocycles. The highest BCUT2D eigenvalue weighted by molar-refractivity contribution is 5.89. The van der Waals surface area contributed by atoms with Crippen molar-refractivity contribution in [3.05, 3.63) is 5.69 Å². The first-order valence-electron chi connectivity index (χ1n) is 5.23. The van der Waals surface area contributed by atoms with Crippen LogP contribution in [0.1, 0.15) is 5.69 Å². The standard InChI is InChI=1S/C9H13F3N6/c1-17(2)3-4-18-8-5(7(13)14-15-8)6(16-18)9(10,11)12/h3-4H2,1-2H3,(H3,13,14,15). The van der Waals surface area contributed by atoms with Gasteiger partial charge < -0.3 is 10.6 Å². The number of rotatable bonds is 3. The summed E-state index contributed by atoms with van der Waals surface area (Å²) in [5.41, 5.74) is 4.59. The lowest BCUT2D eigenvalue weighted by molar-refractivity contribution is -0.140. The van der Waals surface area contributed by atoms with Crippen LogP contribution in [0.3, 0.4) is 0 Å². The minimum absolute atomic E-state index is 0.117. The molecule has 0 aliphatic heterocycles. The van der Waals surface area contributed by atoms with Crippen LogP contribution in [0.15, 0.2) is 0 Å². The summed E-state index contributed by atoms with van der Waals surface area (Å²) in [6, 6.07) is 0. The van der Waals surface area contributed by atoms with Crippen molar-refractivity contribution in [1.82, 2.24) is 24.9 Å². The minimum Gasteiger partial charge on any atom is -0.383 e. The van der Waals surface area contributed by atoms with E-state index in [9.17, 15) is 13.2 Å². The van der Waals surface area contributed by atoms with Gasteiger partial charge in [0.2, 0.25) is 0 Å². The first kappa shape index (κ1) is 12.7. The van der Waals surface area contributed by atoms with Crippen LogP contribution in [0.25, 0.3) is 11.0 Å². The zero-order valence-corrected chi connectivity index (χ0v) is 9.91. The van der Waals surface area contributed by atoms with E-state index in [1.165, 1.54) is 4.68 Å². The van der Waals surface area contributed by atoms with Crippen molar-refractivity contribution in [2.75, 3.05) is 26.4 Å². The molecule has 2 aromatic rings. The lowest BCUT2D eigenvalue weighted by Crippen LogP contribution is -2.19. The van der Waals surface area contributed by atoms with Crippen LogP contribution in [-0.2, 0) is 12.7 Å². The summed E-state index contributed by atoms with van der Waals surface area (Å²) in [6.07, 6.45) is -4.54. The lowest BCUT2D eigenvalue weighted by atomic mass is 10.3. The van der Waals surface area contributed by atoms with E-state index >= 15 is 0 Å². The zero-order chi connectivity index (χ0) is 13.5. The summed E-state index contributed by atoms with van der Waals surface area (Å²) in [4.78, 5) is 1.84. The molecule has 0 fully saturated rings. The van der Waals surface area contributed by atoms with Gasteiger partial charge >= 0.3 is 6.18 Å². The van der Waals surface area contributed by atoms with Crippen LogP contribution in [0.2, 0.25) is 0 Å². The topological polar surface area (TPSA) is 75.8 Å². The van der Waals surface area contributed by atoms with Crippen molar-refractivity contribution in [1.29, 1.82) is 0 Å². The number of aromatic amines is 1. The Bertz CT molecular complexity index is 552. The number of H-pyrrole nitrogens is 1. The Balaban J connectivity index is 2.49. The van der Waals surface area contributed by atoms with Crippen LogP contribution in [0.4, 0.5) is 19.0 Å². The highest BCUT2D eigenvalue weighted by Crippen LogP contribution is 2.35. The molecule has 0 aliphatic rings. The second-order valence-corrected chi connectivity index (χ2v) is 4.21. The molecule has 18 heavy (non-hydrogen) atoms. The molecule has 9 heteroatoms. The molecule has 0 saturated carbocycles. The average Bonchev–Trinajstić information content (AvgIpc) is 2.76. The number of nitrogen functional groups attached to an aromatic ring is 1. The summed E-state index contributed by atoms with van der Waals surface area (Å²) in [5, 5.41) is 9.50. The van der Waals surface area contributed by atoms with Crippen molar-refractivity contribution in [3.63, 3.8) is 0 Å². The van der Waals surface area contributed by atoms with E-state index in [-0.39, 0.29) is 16.9 Å². The molecule has 3 N–H and O–H groups in total. The van der Waals surface area contributed by atoms with Gasteiger partial charge in [-0.25, -0.2) is 4.68 Å². The van der Waals surface area contributed by atoms with Gasteiger partial charge in [-0.15, -0.1) is 0 Å². The van der Waals surface area contributed by atoms with Crippen molar-refractivity contribution in [2.24, 2.45) is 0 Å². The van der Waals surface area contributed by atoms with E-state index in [2.05, 4.69) is 15.3 Å². The molecule has 0 aromatic carbocycles. The Kier molecular flexibility index (Phi) is 2.93. The van der Waals surface area contributed by atoms with E-state index in [1.807, 2.05) is 19.0 Å². The van der Waals surface area contributed by atoms with Gasteiger partial charge in [-0.1, -0.05) is 0 Å². The van der Waals surface area contributed by atoms with Gasteiger partial charge in [-0.05, 0) is 14.1 Å². The number of halogens is 3. The van der Waals surface area contributed by atoms with Crippen LogP contribution in [0, 0.1) is 0 Å². The molecule has 0 bridgehead atoms. The number of fused-ring (bicyclic) bond motifs is 1. The van der Waals surface area contributed by atoms with Crippen LogP contribution in [-0.4, -0.2) is 45.5 Å². The van der Waals surface area contributed by atoms with E-state index in [0.29, 0.717) is 13.1 Å².